The second-order valence-corrected chi connectivity index (χ2v) is 8.96. The number of fused-ring (bicyclic) bond motifs is 1. The number of carbonyl (C=O) groups is 1. The predicted octanol–water partition coefficient (Wildman–Crippen LogP) is 4.51. The highest BCUT2D eigenvalue weighted by Gasteiger charge is 2.27. The van der Waals surface area contributed by atoms with E-state index in [1.165, 1.54) is 30.3 Å². The van der Waals surface area contributed by atoms with E-state index in [2.05, 4.69) is 15.1 Å². The predicted molar refractivity (Wildman–Crippen MR) is 120 cm³/mol. The van der Waals surface area contributed by atoms with E-state index >= 15 is 0 Å². The number of hydrogen-bond donors (Lipinski definition) is 0. The number of nitrogens with zero attached hydrogens (tertiary/aromatic N) is 5. The van der Waals surface area contributed by atoms with Crippen LogP contribution in [0, 0.1) is 19.7 Å². The normalized spacial score (nSPS) is 14.8. The fraction of sp³-hybridized carbons (Fsp3) is 0.478. The summed E-state index contributed by atoms with van der Waals surface area (Å²) in [6.45, 7) is 4.39. The van der Waals surface area contributed by atoms with Crippen LogP contribution in [0.15, 0.2) is 29.4 Å². The molecule has 0 saturated heterocycles. The van der Waals surface area contributed by atoms with Crippen molar-refractivity contribution in [2.45, 2.75) is 70.1 Å². The van der Waals surface area contributed by atoms with Gasteiger partial charge in [0.1, 0.15) is 5.82 Å². The zero-order chi connectivity index (χ0) is 22.0. The summed E-state index contributed by atoms with van der Waals surface area (Å²) in [5, 5.41) is 5.16. The SMILES string of the molecule is CSc1nc2nc(C)c(CC(=O)N(Cc3ccc(F)cc3)C3CCCCC3)c(C)n2n1. The van der Waals surface area contributed by atoms with Crippen LogP contribution in [-0.4, -0.2) is 42.7 Å². The van der Waals surface area contributed by atoms with Gasteiger partial charge in [0.25, 0.3) is 5.78 Å². The summed E-state index contributed by atoms with van der Waals surface area (Å²) < 4.78 is 15.1. The monoisotopic (exact) mass is 441 g/mol. The Morgan fingerprint density at radius 3 is 2.55 bits per heavy atom. The summed E-state index contributed by atoms with van der Waals surface area (Å²) in [6.07, 6.45) is 7.73. The van der Waals surface area contributed by atoms with E-state index in [9.17, 15) is 9.18 Å². The van der Waals surface area contributed by atoms with Gasteiger partial charge in [0.05, 0.1) is 6.42 Å². The van der Waals surface area contributed by atoms with Gasteiger partial charge in [-0.05, 0) is 50.6 Å². The molecule has 0 bridgehead atoms. The first-order valence-corrected chi connectivity index (χ1v) is 12.0. The molecule has 4 rings (SSSR count). The van der Waals surface area contributed by atoms with Gasteiger partial charge in [-0.3, -0.25) is 4.79 Å². The van der Waals surface area contributed by atoms with E-state index in [0.29, 0.717) is 17.5 Å². The van der Waals surface area contributed by atoms with Crippen molar-refractivity contribution in [2.75, 3.05) is 6.26 Å². The average Bonchev–Trinajstić information content (AvgIpc) is 3.20. The van der Waals surface area contributed by atoms with Gasteiger partial charge in [0.15, 0.2) is 0 Å². The van der Waals surface area contributed by atoms with Crippen molar-refractivity contribution in [1.29, 1.82) is 0 Å². The molecule has 1 aromatic carbocycles. The number of carbonyl (C=O) groups excluding carboxylic acids is 1. The van der Waals surface area contributed by atoms with E-state index in [-0.39, 0.29) is 24.2 Å². The van der Waals surface area contributed by atoms with Gasteiger partial charge in [-0.25, -0.2) is 13.9 Å². The van der Waals surface area contributed by atoms with E-state index in [1.807, 2.05) is 25.0 Å². The number of amides is 1. The Morgan fingerprint density at radius 2 is 1.87 bits per heavy atom. The maximum atomic E-state index is 13.6. The highest BCUT2D eigenvalue weighted by Crippen LogP contribution is 2.26. The van der Waals surface area contributed by atoms with Crippen LogP contribution >= 0.6 is 11.8 Å². The largest absolute Gasteiger partial charge is 0.335 e. The Hall–Kier alpha value is -2.48. The molecule has 2 heterocycles. The Labute approximate surface area is 186 Å². The number of aromatic nitrogens is 4. The number of halogens is 1. The quantitative estimate of drug-likeness (QED) is 0.527. The van der Waals surface area contributed by atoms with Crippen LogP contribution < -0.4 is 0 Å². The lowest BCUT2D eigenvalue weighted by atomic mass is 9.93. The molecule has 31 heavy (non-hydrogen) atoms. The Balaban J connectivity index is 1.62. The second kappa shape index (κ2) is 9.34. The molecule has 1 saturated carbocycles. The molecular formula is C23H28FN5OS. The van der Waals surface area contributed by atoms with Gasteiger partial charge in [-0.2, -0.15) is 4.98 Å². The second-order valence-electron chi connectivity index (χ2n) is 8.19. The van der Waals surface area contributed by atoms with Gasteiger partial charge in [-0.1, -0.05) is 43.2 Å². The molecule has 164 valence electrons. The zero-order valence-corrected chi connectivity index (χ0v) is 19.1. The van der Waals surface area contributed by atoms with E-state index in [4.69, 9.17) is 0 Å². The highest BCUT2D eigenvalue weighted by molar-refractivity contribution is 7.98. The minimum absolute atomic E-state index is 0.0776. The van der Waals surface area contributed by atoms with Gasteiger partial charge >= 0.3 is 0 Å². The van der Waals surface area contributed by atoms with E-state index in [1.54, 1.807) is 16.6 Å². The summed E-state index contributed by atoms with van der Waals surface area (Å²) in [5.74, 6) is 0.377. The van der Waals surface area contributed by atoms with Crippen molar-refractivity contribution in [2.24, 2.45) is 0 Å². The van der Waals surface area contributed by atoms with Crippen LogP contribution in [0.4, 0.5) is 4.39 Å². The Morgan fingerprint density at radius 1 is 1.16 bits per heavy atom. The molecule has 0 aliphatic heterocycles. The van der Waals surface area contributed by atoms with Crippen LogP contribution in [0.5, 0.6) is 0 Å². The number of benzene rings is 1. The molecule has 0 unspecified atom stereocenters. The van der Waals surface area contributed by atoms with Crippen LogP contribution in [0.1, 0.15) is 54.6 Å². The minimum atomic E-state index is -0.262. The molecule has 2 aromatic heterocycles. The molecular weight excluding hydrogens is 413 g/mol. The molecule has 3 aromatic rings. The molecule has 6 nitrogen and oxygen atoms in total. The van der Waals surface area contributed by atoms with Crippen LogP contribution in [0.25, 0.3) is 5.78 Å². The molecule has 1 aliphatic rings. The Kier molecular flexibility index (Phi) is 6.55. The first-order chi connectivity index (χ1) is 15.0. The van der Waals surface area contributed by atoms with Gasteiger partial charge in [0, 0.05) is 29.5 Å². The van der Waals surface area contributed by atoms with Crippen LogP contribution in [-0.2, 0) is 17.8 Å². The Bertz CT molecular complexity index is 1080. The van der Waals surface area contributed by atoms with Crippen molar-refractivity contribution in [3.05, 3.63) is 52.6 Å². The van der Waals surface area contributed by atoms with Crippen molar-refractivity contribution in [3.8, 4) is 0 Å². The highest BCUT2D eigenvalue weighted by atomic mass is 32.2. The third-order valence-corrected chi connectivity index (χ3v) is 6.68. The van der Waals surface area contributed by atoms with Gasteiger partial charge < -0.3 is 4.90 Å². The molecule has 8 heteroatoms. The smallest absolute Gasteiger partial charge is 0.253 e. The molecule has 0 N–H and O–H groups in total. The average molecular weight is 442 g/mol. The fourth-order valence-electron chi connectivity index (χ4n) is 4.39. The molecule has 0 atom stereocenters. The van der Waals surface area contributed by atoms with Crippen LogP contribution in [0.2, 0.25) is 0 Å². The van der Waals surface area contributed by atoms with E-state index in [0.717, 1.165) is 48.2 Å². The van der Waals surface area contributed by atoms with E-state index < -0.39 is 0 Å². The van der Waals surface area contributed by atoms with Gasteiger partial charge in [0.2, 0.25) is 11.1 Å². The first-order valence-electron chi connectivity index (χ1n) is 10.8. The summed E-state index contributed by atoms with van der Waals surface area (Å²) in [6, 6.07) is 6.67. The summed E-state index contributed by atoms with van der Waals surface area (Å²) >= 11 is 1.47. The van der Waals surface area contributed by atoms with Crippen LogP contribution in [0.3, 0.4) is 0 Å². The molecule has 1 aliphatic carbocycles. The number of hydrogen-bond acceptors (Lipinski definition) is 5. The first kappa shape index (κ1) is 21.7. The molecule has 1 fully saturated rings. The minimum Gasteiger partial charge on any atom is -0.335 e. The summed E-state index contributed by atoms with van der Waals surface area (Å²) in [4.78, 5) is 24.6. The third kappa shape index (κ3) is 4.74. The number of thioether (sulfide) groups is 1. The van der Waals surface area contributed by atoms with Crippen molar-refractivity contribution < 1.29 is 9.18 Å². The maximum Gasteiger partial charge on any atom is 0.253 e. The zero-order valence-electron chi connectivity index (χ0n) is 18.3. The maximum absolute atomic E-state index is 13.6. The number of aryl methyl sites for hydroxylation is 2. The van der Waals surface area contributed by atoms with Gasteiger partial charge in [-0.15, -0.1) is 5.10 Å². The lowest BCUT2D eigenvalue weighted by molar-refractivity contribution is -0.134. The van der Waals surface area contributed by atoms with Crippen molar-refractivity contribution in [3.63, 3.8) is 0 Å². The molecule has 0 spiro atoms. The third-order valence-electron chi connectivity index (χ3n) is 6.14. The summed E-state index contributed by atoms with van der Waals surface area (Å²) in [5.41, 5.74) is 3.55. The lowest BCUT2D eigenvalue weighted by Gasteiger charge is -2.35. The fourth-order valence-corrected chi connectivity index (χ4v) is 4.72. The summed E-state index contributed by atoms with van der Waals surface area (Å²) in [7, 11) is 0. The molecule has 0 radical (unpaired) electrons. The van der Waals surface area contributed by atoms with Crippen molar-refractivity contribution >= 4 is 23.4 Å². The number of rotatable bonds is 6. The molecule has 1 amide bonds. The van der Waals surface area contributed by atoms with Crippen molar-refractivity contribution in [1.82, 2.24) is 24.5 Å². The topological polar surface area (TPSA) is 63.4 Å². The lowest BCUT2D eigenvalue weighted by Crippen LogP contribution is -2.42. The standard InChI is InChI=1S/C23H28FN5OS/c1-15-20(16(2)29-22(25-15)26-23(27-29)31-3)13-21(30)28(19-7-5-4-6-8-19)14-17-9-11-18(24)12-10-17/h9-12,19H,4-8,13-14H2,1-3H3.